The van der Waals surface area contributed by atoms with Gasteiger partial charge in [-0.3, -0.25) is 4.79 Å². The predicted molar refractivity (Wildman–Crippen MR) is 122 cm³/mol. The summed E-state index contributed by atoms with van der Waals surface area (Å²) in [6, 6.07) is 11.0. The molecule has 1 heterocycles. The molecule has 1 aromatic heterocycles. The highest BCUT2D eigenvalue weighted by Gasteiger charge is 2.15. The van der Waals surface area contributed by atoms with Crippen LogP contribution in [0.1, 0.15) is 23.9 Å². The van der Waals surface area contributed by atoms with E-state index in [1.54, 1.807) is 18.2 Å². The third-order valence-corrected chi connectivity index (χ3v) is 6.11. The summed E-state index contributed by atoms with van der Waals surface area (Å²) in [6.07, 6.45) is 0. The third kappa shape index (κ3) is 5.47. The number of rotatable bonds is 8. The first-order valence-electron chi connectivity index (χ1n) is 9.37. The minimum Gasteiger partial charge on any atom is -0.486 e. The van der Waals surface area contributed by atoms with Gasteiger partial charge in [0, 0.05) is 6.54 Å². The van der Waals surface area contributed by atoms with E-state index in [9.17, 15) is 4.79 Å². The van der Waals surface area contributed by atoms with E-state index in [1.807, 2.05) is 36.6 Å². The van der Waals surface area contributed by atoms with E-state index in [0.717, 1.165) is 5.75 Å². The van der Waals surface area contributed by atoms with Crippen molar-refractivity contribution in [3.63, 3.8) is 0 Å². The van der Waals surface area contributed by atoms with Gasteiger partial charge >= 0.3 is 0 Å². The number of aromatic nitrogens is 3. The van der Waals surface area contributed by atoms with Gasteiger partial charge in [-0.05, 0) is 56.2 Å². The van der Waals surface area contributed by atoms with E-state index in [0.29, 0.717) is 39.9 Å². The molecule has 0 spiro atoms. The Morgan fingerprint density at radius 3 is 2.53 bits per heavy atom. The standard InChI is InChI=1S/C21H22Cl2N4O2S/c1-4-27-18(11-29-15-9-8-13(2)14(3)10-15)25-26-21(27)30-12-19(28)24-20-16(22)6-5-7-17(20)23/h5-10H,4,11-12H2,1-3H3,(H,24,28). The number of anilines is 1. The number of carbonyl (C=O) groups excluding carboxylic acids is 1. The number of halogens is 2. The van der Waals surface area contributed by atoms with Crippen molar-refractivity contribution in [1.29, 1.82) is 0 Å². The lowest BCUT2D eigenvalue weighted by molar-refractivity contribution is -0.113. The molecule has 0 saturated heterocycles. The molecule has 30 heavy (non-hydrogen) atoms. The molecule has 0 atom stereocenters. The monoisotopic (exact) mass is 464 g/mol. The molecule has 158 valence electrons. The van der Waals surface area contributed by atoms with Crippen LogP contribution in [0.4, 0.5) is 5.69 Å². The fourth-order valence-corrected chi connectivity index (χ4v) is 4.04. The van der Waals surface area contributed by atoms with E-state index < -0.39 is 0 Å². The Bertz CT molecular complexity index is 1040. The van der Waals surface area contributed by atoms with Gasteiger partial charge in [-0.2, -0.15) is 0 Å². The van der Waals surface area contributed by atoms with Crippen molar-refractivity contribution in [3.05, 3.63) is 63.4 Å². The number of ether oxygens (including phenoxy) is 1. The number of carbonyl (C=O) groups is 1. The van der Waals surface area contributed by atoms with Crippen molar-refractivity contribution in [2.45, 2.75) is 39.1 Å². The van der Waals surface area contributed by atoms with Gasteiger partial charge in [0.1, 0.15) is 12.4 Å². The average molecular weight is 465 g/mol. The normalized spacial score (nSPS) is 10.8. The first kappa shape index (κ1) is 22.5. The molecule has 3 rings (SSSR count). The van der Waals surface area contributed by atoms with E-state index >= 15 is 0 Å². The zero-order valence-electron chi connectivity index (χ0n) is 16.9. The average Bonchev–Trinajstić information content (AvgIpc) is 3.12. The lowest BCUT2D eigenvalue weighted by atomic mass is 10.1. The molecule has 0 radical (unpaired) electrons. The molecule has 1 N–H and O–H groups in total. The Kier molecular flexibility index (Phi) is 7.64. The molecular formula is C21H22Cl2N4O2S. The minimum absolute atomic E-state index is 0.150. The number of amides is 1. The smallest absolute Gasteiger partial charge is 0.234 e. The molecule has 0 unspecified atom stereocenters. The second-order valence-electron chi connectivity index (χ2n) is 6.61. The van der Waals surface area contributed by atoms with Gasteiger partial charge in [0.05, 0.1) is 21.5 Å². The highest BCUT2D eigenvalue weighted by atomic mass is 35.5. The van der Waals surface area contributed by atoms with Crippen LogP contribution >= 0.6 is 35.0 Å². The Hall–Kier alpha value is -2.22. The van der Waals surface area contributed by atoms with E-state index in [-0.39, 0.29) is 11.7 Å². The third-order valence-electron chi connectivity index (χ3n) is 4.52. The summed E-state index contributed by atoms with van der Waals surface area (Å²) in [6.45, 7) is 7.07. The number of hydrogen-bond donors (Lipinski definition) is 1. The second-order valence-corrected chi connectivity index (χ2v) is 8.37. The summed E-state index contributed by atoms with van der Waals surface area (Å²) in [5.41, 5.74) is 2.80. The maximum Gasteiger partial charge on any atom is 0.234 e. The van der Waals surface area contributed by atoms with Crippen molar-refractivity contribution in [2.24, 2.45) is 0 Å². The van der Waals surface area contributed by atoms with E-state index in [4.69, 9.17) is 27.9 Å². The largest absolute Gasteiger partial charge is 0.486 e. The summed E-state index contributed by atoms with van der Waals surface area (Å²) in [5.74, 6) is 1.41. The summed E-state index contributed by atoms with van der Waals surface area (Å²) in [7, 11) is 0. The SMILES string of the molecule is CCn1c(COc2ccc(C)c(C)c2)nnc1SCC(=O)Nc1c(Cl)cccc1Cl. The first-order chi connectivity index (χ1) is 14.4. The summed E-state index contributed by atoms with van der Waals surface area (Å²) < 4.78 is 7.81. The van der Waals surface area contributed by atoms with Crippen molar-refractivity contribution in [3.8, 4) is 5.75 Å². The molecule has 9 heteroatoms. The molecule has 1 amide bonds. The van der Waals surface area contributed by atoms with Crippen molar-refractivity contribution >= 4 is 46.6 Å². The first-order valence-corrected chi connectivity index (χ1v) is 11.1. The maximum absolute atomic E-state index is 12.3. The lowest BCUT2D eigenvalue weighted by Crippen LogP contribution is -2.15. The highest BCUT2D eigenvalue weighted by Crippen LogP contribution is 2.30. The van der Waals surface area contributed by atoms with Crippen LogP contribution in [-0.2, 0) is 17.9 Å². The quantitative estimate of drug-likeness (QED) is 0.443. The highest BCUT2D eigenvalue weighted by molar-refractivity contribution is 7.99. The topological polar surface area (TPSA) is 69.0 Å². The number of hydrogen-bond acceptors (Lipinski definition) is 5. The van der Waals surface area contributed by atoms with Gasteiger partial charge in [0.15, 0.2) is 11.0 Å². The molecule has 0 saturated carbocycles. The molecule has 0 bridgehead atoms. The maximum atomic E-state index is 12.3. The van der Waals surface area contributed by atoms with Crippen LogP contribution in [0.15, 0.2) is 41.6 Å². The van der Waals surface area contributed by atoms with Gasteiger partial charge in [0.2, 0.25) is 5.91 Å². The van der Waals surface area contributed by atoms with Crippen LogP contribution < -0.4 is 10.1 Å². The Morgan fingerprint density at radius 2 is 1.87 bits per heavy atom. The van der Waals surface area contributed by atoms with Gasteiger partial charge < -0.3 is 14.6 Å². The van der Waals surface area contributed by atoms with E-state index in [2.05, 4.69) is 22.4 Å². The summed E-state index contributed by atoms with van der Waals surface area (Å²) in [4.78, 5) is 12.3. The van der Waals surface area contributed by atoms with Crippen LogP contribution in [0.5, 0.6) is 5.75 Å². The Labute approximate surface area is 189 Å². The Balaban J connectivity index is 1.61. The number of nitrogens with one attached hydrogen (secondary N) is 1. The number of nitrogens with zero attached hydrogens (tertiary/aromatic N) is 3. The number of benzene rings is 2. The summed E-state index contributed by atoms with van der Waals surface area (Å²) >= 11 is 13.5. The molecule has 6 nitrogen and oxygen atoms in total. The second kappa shape index (κ2) is 10.2. The van der Waals surface area contributed by atoms with Crippen LogP contribution in [0.25, 0.3) is 0 Å². The van der Waals surface area contributed by atoms with Crippen LogP contribution in [0, 0.1) is 13.8 Å². The number of aryl methyl sites for hydroxylation is 2. The van der Waals surface area contributed by atoms with Crippen LogP contribution in [0.2, 0.25) is 10.0 Å². The molecule has 0 fully saturated rings. The summed E-state index contributed by atoms with van der Waals surface area (Å²) in [5, 5.41) is 12.6. The lowest BCUT2D eigenvalue weighted by Gasteiger charge is -2.11. The van der Waals surface area contributed by atoms with Gasteiger partial charge in [0.25, 0.3) is 0 Å². The molecule has 0 aliphatic carbocycles. The molecular weight excluding hydrogens is 443 g/mol. The zero-order valence-corrected chi connectivity index (χ0v) is 19.2. The van der Waals surface area contributed by atoms with Crippen LogP contribution in [-0.4, -0.2) is 26.4 Å². The molecule has 0 aliphatic heterocycles. The van der Waals surface area contributed by atoms with Crippen molar-refractivity contribution in [2.75, 3.05) is 11.1 Å². The van der Waals surface area contributed by atoms with Crippen molar-refractivity contribution in [1.82, 2.24) is 14.8 Å². The van der Waals surface area contributed by atoms with Gasteiger partial charge in [-0.15, -0.1) is 10.2 Å². The van der Waals surface area contributed by atoms with Crippen LogP contribution in [0.3, 0.4) is 0 Å². The predicted octanol–water partition coefficient (Wildman–Crippen LogP) is 5.53. The van der Waals surface area contributed by atoms with E-state index in [1.165, 1.54) is 22.9 Å². The molecule has 0 aliphatic rings. The minimum atomic E-state index is -0.228. The fourth-order valence-electron chi connectivity index (χ4n) is 2.72. The molecule has 2 aromatic carbocycles. The zero-order chi connectivity index (χ0) is 21.7. The number of para-hydroxylation sites is 1. The number of thioether (sulfide) groups is 1. The van der Waals surface area contributed by atoms with Gasteiger partial charge in [-0.25, -0.2) is 0 Å². The molecule has 3 aromatic rings. The van der Waals surface area contributed by atoms with Crippen molar-refractivity contribution < 1.29 is 9.53 Å². The van der Waals surface area contributed by atoms with Gasteiger partial charge in [-0.1, -0.05) is 47.1 Å². The fraction of sp³-hybridized carbons (Fsp3) is 0.286. The Morgan fingerprint density at radius 1 is 1.13 bits per heavy atom.